The Morgan fingerprint density at radius 3 is 2.57 bits per heavy atom. The highest BCUT2D eigenvalue weighted by molar-refractivity contribution is 7.99. The van der Waals surface area contributed by atoms with Gasteiger partial charge in [-0.15, -0.1) is 0 Å². The average molecular weight is 306 g/mol. The summed E-state index contributed by atoms with van der Waals surface area (Å²) < 4.78 is 0. The molecule has 112 valence electrons. The van der Waals surface area contributed by atoms with Gasteiger partial charge in [0.25, 0.3) is 5.91 Å². The Morgan fingerprint density at radius 1 is 1.24 bits per heavy atom. The van der Waals surface area contributed by atoms with Crippen molar-refractivity contribution in [3.63, 3.8) is 0 Å². The zero-order valence-corrected chi connectivity index (χ0v) is 12.4. The number of hydrogen-bond donors (Lipinski definition) is 2. The first-order valence-electron chi connectivity index (χ1n) is 7.07. The van der Waals surface area contributed by atoms with E-state index in [-0.39, 0.29) is 18.5 Å². The van der Waals surface area contributed by atoms with Crippen LogP contribution in [0.25, 0.3) is 0 Å². The number of nitrogens with zero attached hydrogens (tertiary/aromatic N) is 1. The number of carbonyl (C=O) groups excluding carboxylic acids is 2. The molecule has 2 aliphatic heterocycles. The maximum Gasteiger partial charge on any atom is 0.325 e. The molecule has 2 N–H and O–H groups in total. The minimum absolute atomic E-state index is 0.00354. The molecule has 0 unspecified atom stereocenters. The van der Waals surface area contributed by atoms with E-state index >= 15 is 0 Å². The number of urea groups is 1. The molecule has 2 saturated heterocycles. The molecule has 0 saturated carbocycles. The van der Waals surface area contributed by atoms with Gasteiger partial charge in [-0.25, -0.2) is 4.79 Å². The average Bonchev–Trinajstić information content (AvgIpc) is 2.73. The van der Waals surface area contributed by atoms with Gasteiger partial charge in [0.15, 0.2) is 0 Å². The van der Waals surface area contributed by atoms with Gasteiger partial charge in [0.05, 0.1) is 12.6 Å². The molecule has 2 aliphatic rings. The molecule has 0 aliphatic carbocycles. The van der Waals surface area contributed by atoms with Gasteiger partial charge in [0.1, 0.15) is 5.54 Å². The maximum absolute atomic E-state index is 12.6. The number of aliphatic hydroxyl groups is 1. The van der Waals surface area contributed by atoms with Crippen LogP contribution in [-0.4, -0.2) is 45.5 Å². The SMILES string of the molecule is O=C1NC2(CCSCC2)C(=O)N1C[C@@H](O)c1ccccc1. The van der Waals surface area contributed by atoms with E-state index in [4.69, 9.17) is 0 Å². The van der Waals surface area contributed by atoms with E-state index in [1.807, 2.05) is 18.2 Å². The van der Waals surface area contributed by atoms with Crippen LogP contribution in [0.1, 0.15) is 24.5 Å². The number of imide groups is 1. The van der Waals surface area contributed by atoms with Crippen LogP contribution in [0.2, 0.25) is 0 Å². The number of rotatable bonds is 3. The van der Waals surface area contributed by atoms with E-state index in [0.717, 1.165) is 16.4 Å². The molecule has 0 bridgehead atoms. The number of benzene rings is 1. The van der Waals surface area contributed by atoms with E-state index in [1.54, 1.807) is 23.9 Å². The van der Waals surface area contributed by atoms with E-state index in [0.29, 0.717) is 18.4 Å². The van der Waals surface area contributed by atoms with Gasteiger partial charge in [-0.3, -0.25) is 9.69 Å². The van der Waals surface area contributed by atoms with Gasteiger partial charge in [-0.05, 0) is 29.9 Å². The molecule has 3 amide bonds. The standard InChI is InChI=1S/C15H18N2O3S/c18-12(11-4-2-1-3-5-11)10-17-13(19)15(16-14(17)20)6-8-21-9-7-15/h1-5,12,18H,6-10H2,(H,16,20)/t12-/m1/s1. The second-order valence-corrected chi connectivity index (χ2v) is 6.69. The molecule has 2 heterocycles. The first-order chi connectivity index (χ1) is 10.1. The Bertz CT molecular complexity index is 543. The highest BCUT2D eigenvalue weighted by Gasteiger charge is 2.51. The normalized spacial score (nSPS) is 22.4. The van der Waals surface area contributed by atoms with Crippen LogP contribution >= 0.6 is 11.8 Å². The minimum Gasteiger partial charge on any atom is -0.387 e. The maximum atomic E-state index is 12.6. The van der Waals surface area contributed by atoms with Crippen molar-refractivity contribution in [3.8, 4) is 0 Å². The van der Waals surface area contributed by atoms with Gasteiger partial charge in [-0.2, -0.15) is 11.8 Å². The summed E-state index contributed by atoms with van der Waals surface area (Å²) in [6, 6.07) is 8.70. The smallest absolute Gasteiger partial charge is 0.325 e. The summed E-state index contributed by atoms with van der Waals surface area (Å²) in [4.78, 5) is 25.8. The lowest BCUT2D eigenvalue weighted by atomic mass is 9.92. The highest BCUT2D eigenvalue weighted by Crippen LogP contribution is 2.33. The lowest BCUT2D eigenvalue weighted by Crippen LogP contribution is -2.49. The molecule has 1 aromatic rings. The van der Waals surface area contributed by atoms with Gasteiger partial charge in [-0.1, -0.05) is 30.3 Å². The molecule has 3 rings (SSSR count). The van der Waals surface area contributed by atoms with Crippen molar-refractivity contribution in [2.45, 2.75) is 24.5 Å². The highest BCUT2D eigenvalue weighted by atomic mass is 32.2. The fraction of sp³-hybridized carbons (Fsp3) is 0.467. The third kappa shape index (κ3) is 2.65. The van der Waals surface area contributed by atoms with Crippen LogP contribution < -0.4 is 5.32 Å². The van der Waals surface area contributed by atoms with Gasteiger partial charge in [0.2, 0.25) is 0 Å². The monoisotopic (exact) mass is 306 g/mol. The summed E-state index contributed by atoms with van der Waals surface area (Å²) in [7, 11) is 0. The molecule has 5 nitrogen and oxygen atoms in total. The van der Waals surface area contributed by atoms with Crippen LogP contribution in [0.5, 0.6) is 0 Å². The number of hydrogen-bond acceptors (Lipinski definition) is 4. The fourth-order valence-corrected chi connectivity index (χ4v) is 4.04. The number of amides is 3. The molecule has 0 aromatic heterocycles. The lowest BCUT2D eigenvalue weighted by molar-refractivity contribution is -0.132. The molecule has 2 fully saturated rings. The zero-order chi connectivity index (χ0) is 14.9. The summed E-state index contributed by atoms with van der Waals surface area (Å²) in [5.74, 6) is 1.56. The zero-order valence-electron chi connectivity index (χ0n) is 11.6. The van der Waals surface area contributed by atoms with Crippen LogP contribution in [0, 0.1) is 0 Å². The van der Waals surface area contributed by atoms with Crippen molar-refractivity contribution < 1.29 is 14.7 Å². The second kappa shape index (κ2) is 5.69. The summed E-state index contributed by atoms with van der Waals surface area (Å²) in [5.41, 5.74) is -0.0306. The van der Waals surface area contributed by atoms with E-state index in [2.05, 4.69) is 5.32 Å². The number of thioether (sulfide) groups is 1. The first-order valence-corrected chi connectivity index (χ1v) is 8.23. The fourth-order valence-electron chi connectivity index (χ4n) is 2.85. The van der Waals surface area contributed by atoms with Crippen molar-refractivity contribution in [1.82, 2.24) is 10.2 Å². The third-order valence-electron chi connectivity index (χ3n) is 4.13. The van der Waals surface area contributed by atoms with Crippen LogP contribution in [-0.2, 0) is 4.79 Å². The minimum atomic E-state index is -0.853. The topological polar surface area (TPSA) is 69.6 Å². The molecule has 6 heteroatoms. The van der Waals surface area contributed by atoms with Crippen LogP contribution in [0.15, 0.2) is 30.3 Å². The molecular weight excluding hydrogens is 288 g/mol. The third-order valence-corrected chi connectivity index (χ3v) is 5.12. The van der Waals surface area contributed by atoms with Crippen molar-refractivity contribution in [1.29, 1.82) is 0 Å². The van der Waals surface area contributed by atoms with Crippen molar-refractivity contribution in [2.24, 2.45) is 0 Å². The van der Waals surface area contributed by atoms with E-state index < -0.39 is 11.6 Å². The number of β-amino-alcohol motifs (C(OH)–C–C–N with tert-alkyl or cyclic N) is 1. The Balaban J connectivity index is 1.74. The predicted octanol–water partition coefficient (Wildman–Crippen LogP) is 1.54. The van der Waals surface area contributed by atoms with Crippen molar-refractivity contribution in [3.05, 3.63) is 35.9 Å². The molecule has 1 aromatic carbocycles. The number of carbonyl (C=O) groups is 2. The molecular formula is C15H18N2O3S. The number of nitrogens with one attached hydrogen (secondary N) is 1. The quantitative estimate of drug-likeness (QED) is 0.831. The first kappa shape index (κ1) is 14.4. The van der Waals surface area contributed by atoms with E-state index in [1.165, 1.54) is 0 Å². The molecule has 21 heavy (non-hydrogen) atoms. The summed E-state index contributed by atoms with van der Waals surface area (Å²) >= 11 is 1.80. The summed E-state index contributed by atoms with van der Waals surface area (Å²) in [5, 5.41) is 13.1. The van der Waals surface area contributed by atoms with Crippen molar-refractivity contribution in [2.75, 3.05) is 18.1 Å². The number of aliphatic hydroxyl groups excluding tert-OH is 1. The summed E-state index contributed by atoms with van der Waals surface area (Å²) in [6.07, 6.45) is 0.481. The Labute approximate surface area is 127 Å². The molecule has 0 radical (unpaired) electrons. The van der Waals surface area contributed by atoms with E-state index in [9.17, 15) is 14.7 Å². The van der Waals surface area contributed by atoms with Gasteiger partial charge in [0, 0.05) is 0 Å². The van der Waals surface area contributed by atoms with Crippen LogP contribution in [0.4, 0.5) is 4.79 Å². The van der Waals surface area contributed by atoms with Gasteiger partial charge < -0.3 is 10.4 Å². The largest absolute Gasteiger partial charge is 0.387 e. The summed E-state index contributed by atoms with van der Waals surface area (Å²) in [6.45, 7) is 0.00354. The second-order valence-electron chi connectivity index (χ2n) is 5.47. The Hall–Kier alpha value is -1.53. The Kier molecular flexibility index (Phi) is 3.91. The molecule has 1 spiro atoms. The molecule has 1 atom stereocenters. The predicted molar refractivity (Wildman–Crippen MR) is 80.9 cm³/mol. The van der Waals surface area contributed by atoms with Crippen LogP contribution in [0.3, 0.4) is 0 Å². The van der Waals surface area contributed by atoms with Crippen molar-refractivity contribution >= 4 is 23.7 Å². The Morgan fingerprint density at radius 2 is 1.90 bits per heavy atom. The van der Waals surface area contributed by atoms with Gasteiger partial charge >= 0.3 is 6.03 Å². The lowest BCUT2D eigenvalue weighted by Gasteiger charge is -2.30.